The molecule has 0 amide bonds. The van der Waals surface area contributed by atoms with E-state index in [4.69, 9.17) is 23.2 Å². The molecule has 0 radical (unpaired) electrons. The molecule has 1 aliphatic heterocycles. The predicted octanol–water partition coefficient (Wildman–Crippen LogP) is 2.53. The number of aliphatic hydroxyl groups is 1. The fourth-order valence-corrected chi connectivity index (χ4v) is 4.70. The highest BCUT2D eigenvalue weighted by Crippen LogP contribution is 2.31. The molecule has 0 bridgehead atoms. The van der Waals surface area contributed by atoms with Gasteiger partial charge in [0.15, 0.2) is 0 Å². The number of aliphatic hydroxyl groups excluding tert-OH is 1. The van der Waals surface area contributed by atoms with Gasteiger partial charge in [-0.3, -0.25) is 0 Å². The summed E-state index contributed by atoms with van der Waals surface area (Å²) in [7, 11) is -3.72. The Morgan fingerprint density at radius 2 is 2.05 bits per heavy atom. The van der Waals surface area contributed by atoms with Gasteiger partial charge in [0, 0.05) is 17.6 Å². The van der Waals surface area contributed by atoms with Gasteiger partial charge < -0.3 is 5.11 Å². The van der Waals surface area contributed by atoms with Crippen LogP contribution in [0.2, 0.25) is 10.0 Å². The molecular formula is C12H15Cl2NO3S. The highest BCUT2D eigenvalue weighted by atomic mass is 35.5. The lowest BCUT2D eigenvalue weighted by molar-refractivity contribution is 0.155. The number of halogens is 2. The van der Waals surface area contributed by atoms with E-state index >= 15 is 0 Å². The first-order chi connectivity index (χ1) is 8.96. The molecule has 1 aromatic carbocycles. The fraction of sp³-hybridized carbons (Fsp3) is 0.500. The van der Waals surface area contributed by atoms with Crippen molar-refractivity contribution in [2.75, 3.05) is 13.2 Å². The molecule has 0 aromatic heterocycles. The van der Waals surface area contributed by atoms with Crippen LogP contribution in [0.4, 0.5) is 0 Å². The number of hydrogen-bond donors (Lipinski definition) is 1. The van der Waals surface area contributed by atoms with Crippen LogP contribution in [0, 0.1) is 0 Å². The second kappa shape index (κ2) is 5.97. The molecule has 1 heterocycles. The molecule has 19 heavy (non-hydrogen) atoms. The van der Waals surface area contributed by atoms with E-state index in [1.165, 1.54) is 16.4 Å². The summed E-state index contributed by atoms with van der Waals surface area (Å²) in [5.41, 5.74) is 0. The van der Waals surface area contributed by atoms with Crippen LogP contribution in [0.5, 0.6) is 0 Å². The van der Waals surface area contributed by atoms with E-state index in [0.717, 1.165) is 12.8 Å². The minimum absolute atomic E-state index is 0.00187. The molecule has 0 saturated carbocycles. The zero-order valence-corrected chi connectivity index (χ0v) is 12.5. The van der Waals surface area contributed by atoms with Crippen LogP contribution in [0.15, 0.2) is 23.1 Å². The molecule has 1 aliphatic rings. The van der Waals surface area contributed by atoms with Gasteiger partial charge in [0.2, 0.25) is 10.0 Å². The van der Waals surface area contributed by atoms with Gasteiger partial charge in [0.05, 0.1) is 11.6 Å². The summed E-state index contributed by atoms with van der Waals surface area (Å²) >= 11 is 11.8. The van der Waals surface area contributed by atoms with E-state index in [2.05, 4.69) is 0 Å². The first kappa shape index (κ1) is 15.1. The monoisotopic (exact) mass is 323 g/mol. The first-order valence-electron chi connectivity index (χ1n) is 6.04. The highest BCUT2D eigenvalue weighted by Gasteiger charge is 2.34. The van der Waals surface area contributed by atoms with Gasteiger partial charge in [-0.05, 0) is 31.0 Å². The van der Waals surface area contributed by atoms with Crippen molar-refractivity contribution in [3.8, 4) is 0 Å². The van der Waals surface area contributed by atoms with Crippen molar-refractivity contribution < 1.29 is 13.5 Å². The number of hydrogen-bond acceptors (Lipinski definition) is 3. The number of rotatable bonds is 3. The third-order valence-corrected chi connectivity index (χ3v) is 5.93. The maximum absolute atomic E-state index is 12.6. The zero-order valence-electron chi connectivity index (χ0n) is 10.2. The number of benzene rings is 1. The van der Waals surface area contributed by atoms with E-state index in [1.54, 1.807) is 6.07 Å². The van der Waals surface area contributed by atoms with Gasteiger partial charge in [-0.1, -0.05) is 29.6 Å². The van der Waals surface area contributed by atoms with Crippen molar-refractivity contribution in [2.45, 2.75) is 30.2 Å². The lowest BCUT2D eigenvalue weighted by Gasteiger charge is -2.33. The smallest absolute Gasteiger partial charge is 0.244 e. The molecule has 1 aromatic rings. The molecule has 0 aliphatic carbocycles. The molecule has 4 nitrogen and oxygen atoms in total. The van der Waals surface area contributed by atoms with E-state index in [1.807, 2.05) is 0 Å². The van der Waals surface area contributed by atoms with Crippen molar-refractivity contribution in [2.24, 2.45) is 0 Å². The van der Waals surface area contributed by atoms with Crippen LogP contribution in [0.25, 0.3) is 0 Å². The summed E-state index contributed by atoms with van der Waals surface area (Å²) in [6.45, 7) is 0.216. The van der Waals surface area contributed by atoms with Gasteiger partial charge in [-0.25, -0.2) is 8.42 Å². The van der Waals surface area contributed by atoms with Crippen molar-refractivity contribution >= 4 is 33.2 Å². The van der Waals surface area contributed by atoms with E-state index in [0.29, 0.717) is 18.0 Å². The summed E-state index contributed by atoms with van der Waals surface area (Å²) in [5, 5.41) is 9.80. The van der Waals surface area contributed by atoms with Crippen LogP contribution < -0.4 is 0 Å². The maximum Gasteiger partial charge on any atom is 0.244 e. The molecule has 1 N–H and O–H groups in total. The lowest BCUT2D eigenvalue weighted by Crippen LogP contribution is -2.45. The topological polar surface area (TPSA) is 57.6 Å². The third-order valence-electron chi connectivity index (χ3n) is 3.26. The molecule has 1 fully saturated rings. The Morgan fingerprint density at radius 3 is 2.74 bits per heavy atom. The van der Waals surface area contributed by atoms with Gasteiger partial charge in [0.1, 0.15) is 4.90 Å². The molecule has 2 rings (SSSR count). The second-order valence-electron chi connectivity index (χ2n) is 4.52. The first-order valence-corrected chi connectivity index (χ1v) is 8.24. The maximum atomic E-state index is 12.6. The van der Waals surface area contributed by atoms with Crippen molar-refractivity contribution in [1.82, 2.24) is 4.31 Å². The fourth-order valence-electron chi connectivity index (χ4n) is 2.27. The summed E-state index contributed by atoms with van der Waals surface area (Å²) in [6.07, 6.45) is 2.36. The average Bonchev–Trinajstić information content (AvgIpc) is 2.41. The highest BCUT2D eigenvalue weighted by molar-refractivity contribution is 7.89. The summed E-state index contributed by atoms with van der Waals surface area (Å²) in [5.74, 6) is 0. The van der Waals surface area contributed by atoms with Crippen LogP contribution in [-0.2, 0) is 10.0 Å². The summed E-state index contributed by atoms with van der Waals surface area (Å²) < 4.78 is 26.5. The second-order valence-corrected chi connectivity index (χ2v) is 7.23. The molecular weight excluding hydrogens is 309 g/mol. The van der Waals surface area contributed by atoms with Crippen molar-refractivity contribution in [1.29, 1.82) is 0 Å². The molecule has 1 atom stereocenters. The third kappa shape index (κ3) is 3.06. The number of piperidine rings is 1. The minimum atomic E-state index is -3.72. The Balaban J connectivity index is 2.43. The normalized spacial score (nSPS) is 21.5. The van der Waals surface area contributed by atoms with Crippen LogP contribution in [0.1, 0.15) is 19.3 Å². The molecule has 1 unspecified atom stereocenters. The summed E-state index contributed by atoms with van der Waals surface area (Å²) in [6, 6.07) is 3.98. The Kier molecular flexibility index (Phi) is 4.74. The average molecular weight is 324 g/mol. The Bertz CT molecular complexity index is 562. The van der Waals surface area contributed by atoms with E-state index in [-0.39, 0.29) is 22.6 Å². The number of sulfonamides is 1. The van der Waals surface area contributed by atoms with E-state index < -0.39 is 10.0 Å². The van der Waals surface area contributed by atoms with Crippen LogP contribution >= 0.6 is 23.2 Å². The minimum Gasteiger partial charge on any atom is -0.395 e. The van der Waals surface area contributed by atoms with Crippen LogP contribution in [-0.4, -0.2) is 37.0 Å². The summed E-state index contributed by atoms with van der Waals surface area (Å²) in [4.78, 5) is 0.00187. The largest absolute Gasteiger partial charge is 0.395 e. The van der Waals surface area contributed by atoms with Gasteiger partial charge in [0.25, 0.3) is 0 Å². The van der Waals surface area contributed by atoms with Gasteiger partial charge in [-0.2, -0.15) is 4.31 Å². The molecule has 0 spiro atoms. The Morgan fingerprint density at radius 1 is 1.32 bits per heavy atom. The molecule has 106 valence electrons. The van der Waals surface area contributed by atoms with Gasteiger partial charge in [-0.15, -0.1) is 0 Å². The van der Waals surface area contributed by atoms with Crippen molar-refractivity contribution in [3.05, 3.63) is 28.2 Å². The van der Waals surface area contributed by atoms with Gasteiger partial charge >= 0.3 is 0 Å². The predicted molar refractivity (Wildman–Crippen MR) is 75.1 cm³/mol. The van der Waals surface area contributed by atoms with Crippen LogP contribution in [0.3, 0.4) is 0 Å². The molecule has 1 saturated heterocycles. The SMILES string of the molecule is O=S(=O)(c1cc(Cl)ccc1Cl)N1CCCCC1CO. The number of nitrogens with zero attached hydrogens (tertiary/aromatic N) is 1. The van der Waals surface area contributed by atoms with Crippen molar-refractivity contribution in [3.63, 3.8) is 0 Å². The quantitative estimate of drug-likeness (QED) is 0.929. The standard InChI is InChI=1S/C12H15Cl2NO3S/c13-9-4-5-11(14)12(7-9)19(17,18)15-6-2-1-3-10(15)8-16/h4-5,7,10,16H,1-3,6,8H2. The Hall–Kier alpha value is -0.330. The Labute approximate surface area is 123 Å². The lowest BCUT2D eigenvalue weighted by atomic mass is 10.1. The van der Waals surface area contributed by atoms with E-state index in [9.17, 15) is 13.5 Å². The molecule has 7 heteroatoms. The zero-order chi connectivity index (χ0) is 14.0.